The average Bonchev–Trinajstić information content (AvgIpc) is 2.25. The van der Waals surface area contributed by atoms with Crippen molar-refractivity contribution in [2.24, 2.45) is 5.92 Å². The van der Waals surface area contributed by atoms with Crippen LogP contribution in [-0.2, 0) is 0 Å². The van der Waals surface area contributed by atoms with Crippen molar-refractivity contribution in [1.82, 2.24) is 4.90 Å². The molecule has 1 heteroatoms. The van der Waals surface area contributed by atoms with E-state index < -0.39 is 0 Å². The molecule has 1 atom stereocenters. The van der Waals surface area contributed by atoms with E-state index in [0.29, 0.717) is 0 Å². The zero-order valence-electron chi connectivity index (χ0n) is 11.0. The summed E-state index contributed by atoms with van der Waals surface area (Å²) in [6.07, 6.45) is 9.90. The highest BCUT2D eigenvalue weighted by Crippen LogP contribution is 2.20. The van der Waals surface area contributed by atoms with Gasteiger partial charge in [0.25, 0.3) is 0 Å². The molecule has 0 N–H and O–H groups in total. The monoisotopic (exact) mass is 211 g/mol. The van der Waals surface area contributed by atoms with E-state index in [2.05, 4.69) is 25.7 Å². The molecule has 1 aliphatic rings. The first kappa shape index (κ1) is 13.0. The summed E-state index contributed by atoms with van der Waals surface area (Å²) in [5, 5.41) is 0. The third kappa shape index (κ3) is 5.01. The van der Waals surface area contributed by atoms with Crippen molar-refractivity contribution in [2.45, 2.75) is 71.8 Å². The largest absolute Gasteiger partial charge is 0.300 e. The Morgan fingerprint density at radius 3 is 2.13 bits per heavy atom. The van der Waals surface area contributed by atoms with Crippen molar-refractivity contribution in [3.63, 3.8) is 0 Å². The second-order valence-electron chi connectivity index (χ2n) is 5.51. The molecule has 15 heavy (non-hydrogen) atoms. The Balaban J connectivity index is 2.33. The van der Waals surface area contributed by atoms with Gasteiger partial charge in [-0.2, -0.15) is 0 Å². The molecule has 1 fully saturated rings. The van der Waals surface area contributed by atoms with Crippen LogP contribution in [0.25, 0.3) is 0 Å². The SMILES string of the molecule is CCCC(CCC(C)C)N1CCCCC1. The molecule has 0 spiro atoms. The fourth-order valence-corrected chi connectivity index (χ4v) is 2.65. The van der Waals surface area contributed by atoms with E-state index in [9.17, 15) is 0 Å². The van der Waals surface area contributed by atoms with Crippen molar-refractivity contribution in [1.29, 1.82) is 0 Å². The molecule has 1 unspecified atom stereocenters. The number of nitrogens with zero attached hydrogens (tertiary/aromatic N) is 1. The Morgan fingerprint density at radius 1 is 0.933 bits per heavy atom. The third-order valence-electron chi connectivity index (χ3n) is 3.61. The van der Waals surface area contributed by atoms with E-state index in [1.165, 1.54) is 58.0 Å². The van der Waals surface area contributed by atoms with Gasteiger partial charge in [0.2, 0.25) is 0 Å². The average molecular weight is 211 g/mol. The minimum absolute atomic E-state index is 0.870. The van der Waals surface area contributed by atoms with Gasteiger partial charge in [0.15, 0.2) is 0 Å². The molecule has 1 saturated heterocycles. The summed E-state index contributed by atoms with van der Waals surface area (Å²) < 4.78 is 0. The lowest BCUT2D eigenvalue weighted by Crippen LogP contribution is -2.39. The fraction of sp³-hybridized carbons (Fsp3) is 1.00. The maximum atomic E-state index is 2.76. The second-order valence-corrected chi connectivity index (χ2v) is 5.51. The standard InChI is InChI=1S/C14H29N/c1-4-8-14(10-9-13(2)3)15-11-6-5-7-12-15/h13-14H,4-12H2,1-3H3. The van der Waals surface area contributed by atoms with Gasteiger partial charge in [-0.3, -0.25) is 0 Å². The molecule has 1 heterocycles. The van der Waals surface area contributed by atoms with Crippen molar-refractivity contribution in [2.75, 3.05) is 13.1 Å². The lowest BCUT2D eigenvalue weighted by atomic mass is 9.97. The van der Waals surface area contributed by atoms with E-state index >= 15 is 0 Å². The predicted molar refractivity (Wildman–Crippen MR) is 68.2 cm³/mol. The number of piperidine rings is 1. The van der Waals surface area contributed by atoms with Crippen LogP contribution in [-0.4, -0.2) is 24.0 Å². The first-order valence-corrected chi connectivity index (χ1v) is 6.98. The highest BCUT2D eigenvalue weighted by Gasteiger charge is 2.19. The summed E-state index contributed by atoms with van der Waals surface area (Å²) in [4.78, 5) is 2.76. The fourth-order valence-electron chi connectivity index (χ4n) is 2.65. The first-order valence-electron chi connectivity index (χ1n) is 6.98. The number of hydrogen-bond donors (Lipinski definition) is 0. The first-order chi connectivity index (χ1) is 7.24. The van der Waals surface area contributed by atoms with Crippen LogP contribution in [0.3, 0.4) is 0 Å². The summed E-state index contributed by atoms with van der Waals surface area (Å²) in [5.74, 6) is 0.870. The van der Waals surface area contributed by atoms with Crippen LogP contribution in [0.4, 0.5) is 0 Å². The van der Waals surface area contributed by atoms with Crippen molar-refractivity contribution >= 4 is 0 Å². The van der Waals surface area contributed by atoms with Gasteiger partial charge < -0.3 is 4.90 Å². The molecule has 0 aromatic rings. The Morgan fingerprint density at radius 2 is 1.60 bits per heavy atom. The molecule has 0 aromatic carbocycles. The summed E-state index contributed by atoms with van der Waals surface area (Å²) in [7, 11) is 0. The molecule has 0 radical (unpaired) electrons. The van der Waals surface area contributed by atoms with Crippen LogP contribution >= 0.6 is 0 Å². The maximum Gasteiger partial charge on any atom is 0.00952 e. The smallest absolute Gasteiger partial charge is 0.00952 e. The number of hydrogen-bond acceptors (Lipinski definition) is 1. The van der Waals surface area contributed by atoms with E-state index in [1.807, 2.05) is 0 Å². The lowest BCUT2D eigenvalue weighted by Gasteiger charge is -2.35. The molecule has 0 bridgehead atoms. The Bertz CT molecular complexity index is 147. The minimum Gasteiger partial charge on any atom is -0.300 e. The molecule has 90 valence electrons. The molecule has 1 rings (SSSR count). The van der Waals surface area contributed by atoms with E-state index in [-0.39, 0.29) is 0 Å². The van der Waals surface area contributed by atoms with Gasteiger partial charge in [-0.05, 0) is 51.1 Å². The topological polar surface area (TPSA) is 3.24 Å². The quantitative estimate of drug-likeness (QED) is 0.640. The third-order valence-corrected chi connectivity index (χ3v) is 3.61. The summed E-state index contributed by atoms with van der Waals surface area (Å²) in [6.45, 7) is 9.75. The molecule has 0 aliphatic carbocycles. The van der Waals surface area contributed by atoms with Gasteiger partial charge in [0.05, 0.1) is 0 Å². The predicted octanol–water partition coefficient (Wildman–Crippen LogP) is 4.08. The van der Waals surface area contributed by atoms with Gasteiger partial charge in [-0.1, -0.05) is 33.6 Å². The summed E-state index contributed by atoms with van der Waals surface area (Å²) in [6, 6.07) is 0.887. The van der Waals surface area contributed by atoms with E-state index in [4.69, 9.17) is 0 Å². The lowest BCUT2D eigenvalue weighted by molar-refractivity contribution is 0.142. The molecule has 1 nitrogen and oxygen atoms in total. The van der Waals surface area contributed by atoms with Crippen molar-refractivity contribution < 1.29 is 0 Å². The molecule has 1 aliphatic heterocycles. The molecule has 0 saturated carbocycles. The van der Waals surface area contributed by atoms with Crippen molar-refractivity contribution in [3.8, 4) is 0 Å². The van der Waals surface area contributed by atoms with Gasteiger partial charge in [-0.15, -0.1) is 0 Å². The molecule has 0 amide bonds. The van der Waals surface area contributed by atoms with E-state index in [1.54, 1.807) is 0 Å². The molecular formula is C14H29N. The minimum atomic E-state index is 0.870. The number of likely N-dealkylation sites (tertiary alicyclic amines) is 1. The molecule has 0 aromatic heterocycles. The Hall–Kier alpha value is -0.0400. The maximum absolute atomic E-state index is 2.76. The normalized spacial score (nSPS) is 20.8. The van der Waals surface area contributed by atoms with Crippen LogP contribution < -0.4 is 0 Å². The summed E-state index contributed by atoms with van der Waals surface area (Å²) in [5.41, 5.74) is 0. The van der Waals surface area contributed by atoms with Gasteiger partial charge >= 0.3 is 0 Å². The number of rotatable bonds is 6. The van der Waals surface area contributed by atoms with Crippen molar-refractivity contribution in [3.05, 3.63) is 0 Å². The zero-order chi connectivity index (χ0) is 11.1. The highest BCUT2D eigenvalue weighted by molar-refractivity contribution is 4.75. The summed E-state index contributed by atoms with van der Waals surface area (Å²) >= 11 is 0. The Labute approximate surface area is 96.2 Å². The van der Waals surface area contributed by atoms with Gasteiger partial charge in [0.1, 0.15) is 0 Å². The van der Waals surface area contributed by atoms with Gasteiger partial charge in [0, 0.05) is 6.04 Å². The van der Waals surface area contributed by atoms with Crippen LogP contribution in [0, 0.1) is 5.92 Å². The van der Waals surface area contributed by atoms with Crippen LogP contribution in [0.15, 0.2) is 0 Å². The van der Waals surface area contributed by atoms with E-state index in [0.717, 1.165) is 12.0 Å². The highest BCUT2D eigenvalue weighted by atomic mass is 15.2. The zero-order valence-corrected chi connectivity index (χ0v) is 11.0. The second kappa shape index (κ2) is 7.27. The molecular weight excluding hydrogens is 182 g/mol. The van der Waals surface area contributed by atoms with Gasteiger partial charge in [-0.25, -0.2) is 0 Å². The Kier molecular flexibility index (Phi) is 6.31. The van der Waals surface area contributed by atoms with Crippen LogP contribution in [0.5, 0.6) is 0 Å². The van der Waals surface area contributed by atoms with Crippen LogP contribution in [0.2, 0.25) is 0 Å². The van der Waals surface area contributed by atoms with Crippen LogP contribution in [0.1, 0.15) is 65.7 Å².